The third-order valence-corrected chi connectivity index (χ3v) is 5.32. The summed E-state index contributed by atoms with van der Waals surface area (Å²) in [6, 6.07) is 11.6. The quantitative estimate of drug-likeness (QED) is 0.599. The van der Waals surface area contributed by atoms with E-state index >= 15 is 0 Å². The Bertz CT molecular complexity index is 939. The topological polar surface area (TPSA) is 72.7 Å². The predicted molar refractivity (Wildman–Crippen MR) is 113 cm³/mol. The lowest BCUT2D eigenvalue weighted by Gasteiger charge is -2.15. The number of hydrogen-bond donors (Lipinski definition) is 1. The van der Waals surface area contributed by atoms with Crippen molar-refractivity contribution in [3.8, 4) is 11.4 Å². The number of carbonyl (C=O) groups is 1. The van der Waals surface area contributed by atoms with Crippen molar-refractivity contribution in [3.05, 3.63) is 54.4 Å². The standard InChI is InChI=1S/C21H25N5OS/c1-14(2)13-26-19(17-9-7-11-22-12-17)24-25-21(26)28-16(4)20(27)23-18-10-6-5-8-15(18)3/h5-12,14,16H,13H2,1-4H3,(H,23,27)/t16-/m1/s1. The molecule has 1 aromatic carbocycles. The van der Waals surface area contributed by atoms with Crippen LogP contribution in [0.4, 0.5) is 5.69 Å². The smallest absolute Gasteiger partial charge is 0.237 e. The number of pyridine rings is 1. The average molecular weight is 396 g/mol. The van der Waals surface area contributed by atoms with Gasteiger partial charge >= 0.3 is 0 Å². The molecule has 0 aliphatic rings. The highest BCUT2D eigenvalue weighted by Crippen LogP contribution is 2.28. The van der Waals surface area contributed by atoms with Crippen molar-refractivity contribution in [1.82, 2.24) is 19.7 Å². The summed E-state index contributed by atoms with van der Waals surface area (Å²) in [7, 11) is 0. The van der Waals surface area contributed by atoms with Crippen LogP contribution in [0.25, 0.3) is 11.4 Å². The Morgan fingerprint density at radius 3 is 2.61 bits per heavy atom. The van der Waals surface area contributed by atoms with Crippen molar-refractivity contribution in [2.24, 2.45) is 5.92 Å². The van der Waals surface area contributed by atoms with Gasteiger partial charge in [-0.2, -0.15) is 0 Å². The molecule has 146 valence electrons. The maximum absolute atomic E-state index is 12.7. The summed E-state index contributed by atoms with van der Waals surface area (Å²) in [6.45, 7) is 8.93. The van der Waals surface area contributed by atoms with Gasteiger partial charge in [0.15, 0.2) is 11.0 Å². The first-order valence-corrected chi connectivity index (χ1v) is 10.2. The Morgan fingerprint density at radius 1 is 1.14 bits per heavy atom. The molecule has 0 aliphatic heterocycles. The summed E-state index contributed by atoms with van der Waals surface area (Å²) < 4.78 is 2.07. The van der Waals surface area contributed by atoms with Crippen molar-refractivity contribution >= 4 is 23.4 Å². The van der Waals surface area contributed by atoms with Gasteiger partial charge in [-0.3, -0.25) is 9.78 Å². The fraction of sp³-hybridized carbons (Fsp3) is 0.333. The fourth-order valence-electron chi connectivity index (χ4n) is 2.77. The second kappa shape index (κ2) is 9.01. The molecule has 0 aliphatic carbocycles. The molecule has 0 spiro atoms. The Labute approximate surface area is 169 Å². The molecule has 2 aromatic heterocycles. The van der Waals surface area contributed by atoms with Gasteiger partial charge in [0, 0.05) is 30.2 Å². The first kappa shape index (κ1) is 20.1. The van der Waals surface area contributed by atoms with Gasteiger partial charge in [0.05, 0.1) is 5.25 Å². The van der Waals surface area contributed by atoms with Gasteiger partial charge in [-0.05, 0) is 43.5 Å². The van der Waals surface area contributed by atoms with E-state index < -0.39 is 0 Å². The largest absolute Gasteiger partial charge is 0.325 e. The van der Waals surface area contributed by atoms with Gasteiger partial charge in [-0.25, -0.2) is 0 Å². The molecular formula is C21H25N5OS. The van der Waals surface area contributed by atoms with Crippen LogP contribution in [0.2, 0.25) is 0 Å². The molecule has 3 aromatic rings. The molecule has 1 N–H and O–H groups in total. The minimum absolute atomic E-state index is 0.0543. The highest BCUT2D eigenvalue weighted by atomic mass is 32.2. The number of aromatic nitrogens is 4. The molecule has 0 bridgehead atoms. The van der Waals surface area contributed by atoms with Gasteiger partial charge in [-0.15, -0.1) is 10.2 Å². The molecule has 0 unspecified atom stereocenters. The van der Waals surface area contributed by atoms with Crippen molar-refractivity contribution in [3.63, 3.8) is 0 Å². The molecule has 0 saturated carbocycles. The van der Waals surface area contributed by atoms with Gasteiger partial charge in [0.2, 0.25) is 5.91 Å². The number of nitrogens with zero attached hydrogens (tertiary/aromatic N) is 4. The number of hydrogen-bond acceptors (Lipinski definition) is 5. The van der Waals surface area contributed by atoms with E-state index in [1.165, 1.54) is 11.8 Å². The number of nitrogens with one attached hydrogen (secondary N) is 1. The van der Waals surface area contributed by atoms with Crippen LogP contribution in [0.15, 0.2) is 53.9 Å². The number of carbonyl (C=O) groups excluding carboxylic acids is 1. The van der Waals surface area contributed by atoms with Crippen LogP contribution >= 0.6 is 11.8 Å². The van der Waals surface area contributed by atoms with E-state index in [1.807, 2.05) is 50.2 Å². The molecule has 6 nitrogen and oxygen atoms in total. The first-order valence-electron chi connectivity index (χ1n) is 9.32. The van der Waals surface area contributed by atoms with E-state index in [0.29, 0.717) is 5.92 Å². The Morgan fingerprint density at radius 2 is 1.93 bits per heavy atom. The third kappa shape index (κ3) is 4.78. The maximum Gasteiger partial charge on any atom is 0.237 e. The summed E-state index contributed by atoms with van der Waals surface area (Å²) in [6.07, 6.45) is 3.52. The van der Waals surface area contributed by atoms with E-state index in [1.54, 1.807) is 12.4 Å². The average Bonchev–Trinajstić information content (AvgIpc) is 3.06. The minimum atomic E-state index is -0.309. The highest BCUT2D eigenvalue weighted by molar-refractivity contribution is 8.00. The van der Waals surface area contributed by atoms with E-state index in [2.05, 4.69) is 38.9 Å². The van der Waals surface area contributed by atoms with Crippen LogP contribution in [-0.4, -0.2) is 30.9 Å². The molecule has 0 saturated heterocycles. The number of rotatable bonds is 7. The predicted octanol–water partition coefficient (Wildman–Crippen LogP) is 4.42. The third-order valence-electron chi connectivity index (χ3n) is 4.24. The summed E-state index contributed by atoms with van der Waals surface area (Å²) in [5, 5.41) is 12.2. The molecular weight excluding hydrogens is 370 g/mol. The van der Waals surface area contributed by atoms with Crippen LogP contribution in [-0.2, 0) is 11.3 Å². The van der Waals surface area contributed by atoms with Crippen LogP contribution in [0.5, 0.6) is 0 Å². The maximum atomic E-state index is 12.7. The fourth-order valence-corrected chi connectivity index (χ4v) is 3.63. The number of aryl methyl sites for hydroxylation is 1. The van der Waals surface area contributed by atoms with Crippen LogP contribution in [0.3, 0.4) is 0 Å². The van der Waals surface area contributed by atoms with Crippen LogP contribution in [0.1, 0.15) is 26.3 Å². The summed E-state index contributed by atoms with van der Waals surface area (Å²) in [4.78, 5) is 16.9. The number of para-hydroxylation sites is 1. The van der Waals surface area contributed by atoms with Crippen LogP contribution in [0, 0.1) is 12.8 Å². The van der Waals surface area contributed by atoms with Crippen molar-refractivity contribution in [1.29, 1.82) is 0 Å². The lowest BCUT2D eigenvalue weighted by molar-refractivity contribution is -0.115. The van der Waals surface area contributed by atoms with Crippen molar-refractivity contribution in [2.75, 3.05) is 5.32 Å². The Balaban J connectivity index is 1.80. The molecule has 1 atom stereocenters. The van der Waals surface area contributed by atoms with E-state index in [-0.39, 0.29) is 11.2 Å². The number of anilines is 1. The SMILES string of the molecule is Cc1ccccc1NC(=O)[C@@H](C)Sc1nnc(-c2cccnc2)n1CC(C)C. The molecule has 0 radical (unpaired) electrons. The molecule has 0 fully saturated rings. The van der Waals surface area contributed by atoms with Gasteiger partial charge in [0.25, 0.3) is 0 Å². The zero-order valence-electron chi connectivity index (χ0n) is 16.6. The zero-order chi connectivity index (χ0) is 20.1. The second-order valence-electron chi connectivity index (χ2n) is 7.12. The van der Waals surface area contributed by atoms with E-state index in [0.717, 1.165) is 34.3 Å². The molecule has 2 heterocycles. The van der Waals surface area contributed by atoms with E-state index in [4.69, 9.17) is 0 Å². The number of thioether (sulfide) groups is 1. The number of benzene rings is 1. The van der Waals surface area contributed by atoms with Gasteiger partial charge < -0.3 is 9.88 Å². The zero-order valence-corrected chi connectivity index (χ0v) is 17.4. The second-order valence-corrected chi connectivity index (χ2v) is 8.42. The van der Waals surface area contributed by atoms with E-state index in [9.17, 15) is 4.79 Å². The summed E-state index contributed by atoms with van der Waals surface area (Å²) in [5.41, 5.74) is 2.79. The summed E-state index contributed by atoms with van der Waals surface area (Å²) >= 11 is 1.42. The highest BCUT2D eigenvalue weighted by Gasteiger charge is 2.21. The summed E-state index contributed by atoms with van der Waals surface area (Å²) in [5.74, 6) is 1.14. The lowest BCUT2D eigenvalue weighted by atomic mass is 10.2. The molecule has 1 amide bonds. The first-order chi connectivity index (χ1) is 13.5. The number of amides is 1. The van der Waals surface area contributed by atoms with Gasteiger partial charge in [-0.1, -0.05) is 43.8 Å². The molecule has 28 heavy (non-hydrogen) atoms. The monoisotopic (exact) mass is 395 g/mol. The molecule has 3 rings (SSSR count). The normalized spacial score (nSPS) is 12.2. The Hall–Kier alpha value is -2.67. The van der Waals surface area contributed by atoms with Crippen molar-refractivity contribution < 1.29 is 4.79 Å². The minimum Gasteiger partial charge on any atom is -0.325 e. The lowest BCUT2D eigenvalue weighted by Crippen LogP contribution is -2.23. The molecule has 7 heteroatoms. The Kier molecular flexibility index (Phi) is 6.46. The van der Waals surface area contributed by atoms with Crippen molar-refractivity contribution in [2.45, 2.75) is 44.6 Å². The van der Waals surface area contributed by atoms with Gasteiger partial charge in [0.1, 0.15) is 0 Å². The van der Waals surface area contributed by atoms with Crippen LogP contribution < -0.4 is 5.32 Å².